The molecule has 2 rings (SSSR count). The Labute approximate surface area is 137 Å². The summed E-state index contributed by atoms with van der Waals surface area (Å²) in [4.78, 5) is 12.5. The van der Waals surface area contributed by atoms with Gasteiger partial charge in [-0.25, -0.2) is 0 Å². The van der Waals surface area contributed by atoms with Crippen molar-refractivity contribution in [3.63, 3.8) is 0 Å². The van der Waals surface area contributed by atoms with E-state index < -0.39 is 5.79 Å². The standard InChI is InChI=1S/C19H24O4/c1-13(2)22-19(23-14(3)4)11-10-16(17(20)12-19)18(21)15-8-6-5-7-9-15/h5-11,13-14,20H,12H2,1-4H3. The van der Waals surface area contributed by atoms with E-state index in [1.807, 2.05) is 33.8 Å². The molecule has 23 heavy (non-hydrogen) atoms. The molecule has 0 heterocycles. The van der Waals surface area contributed by atoms with Gasteiger partial charge in [0.05, 0.1) is 24.2 Å². The van der Waals surface area contributed by atoms with Gasteiger partial charge in [-0.15, -0.1) is 0 Å². The molecule has 0 atom stereocenters. The molecular formula is C19H24O4. The normalized spacial score (nSPS) is 17.1. The summed E-state index contributed by atoms with van der Waals surface area (Å²) in [5, 5.41) is 10.4. The molecular weight excluding hydrogens is 292 g/mol. The Morgan fingerprint density at radius 2 is 1.65 bits per heavy atom. The lowest BCUT2D eigenvalue weighted by Gasteiger charge is -2.36. The SMILES string of the molecule is CC(C)OC1(OC(C)C)C=CC(C(=O)c2ccccc2)=C(O)C1. The van der Waals surface area contributed by atoms with Gasteiger partial charge < -0.3 is 14.6 Å². The third-order valence-corrected chi connectivity index (χ3v) is 3.38. The molecule has 0 aliphatic heterocycles. The smallest absolute Gasteiger partial charge is 0.196 e. The molecule has 1 aliphatic rings. The maximum atomic E-state index is 12.5. The number of ether oxygens (including phenoxy) is 2. The van der Waals surface area contributed by atoms with Crippen molar-refractivity contribution in [3.05, 3.63) is 59.4 Å². The Hall–Kier alpha value is -1.91. The molecule has 0 radical (unpaired) electrons. The number of carbonyl (C=O) groups is 1. The van der Waals surface area contributed by atoms with Gasteiger partial charge in [0.1, 0.15) is 5.76 Å². The van der Waals surface area contributed by atoms with Gasteiger partial charge in [0.25, 0.3) is 0 Å². The molecule has 124 valence electrons. The van der Waals surface area contributed by atoms with Gasteiger partial charge in [-0.1, -0.05) is 30.3 Å². The zero-order valence-electron chi connectivity index (χ0n) is 14.1. The van der Waals surface area contributed by atoms with Crippen LogP contribution in [0.5, 0.6) is 0 Å². The Morgan fingerprint density at radius 3 is 2.13 bits per heavy atom. The van der Waals surface area contributed by atoms with Crippen LogP contribution < -0.4 is 0 Å². The lowest BCUT2D eigenvalue weighted by atomic mass is 9.93. The van der Waals surface area contributed by atoms with Crippen LogP contribution in [-0.4, -0.2) is 28.9 Å². The number of allylic oxidation sites excluding steroid dienone is 2. The molecule has 1 aromatic carbocycles. The fourth-order valence-electron chi connectivity index (χ4n) is 2.63. The Morgan fingerprint density at radius 1 is 1.09 bits per heavy atom. The van der Waals surface area contributed by atoms with Gasteiger partial charge in [-0.3, -0.25) is 4.79 Å². The fourth-order valence-corrected chi connectivity index (χ4v) is 2.63. The molecule has 1 N–H and O–H groups in total. The van der Waals surface area contributed by atoms with Gasteiger partial charge >= 0.3 is 0 Å². The molecule has 4 nitrogen and oxygen atoms in total. The Kier molecular flexibility index (Phi) is 5.39. The van der Waals surface area contributed by atoms with E-state index in [-0.39, 0.29) is 35.7 Å². The van der Waals surface area contributed by atoms with Crippen molar-refractivity contribution in [2.45, 2.75) is 52.1 Å². The van der Waals surface area contributed by atoms with Crippen LogP contribution in [0.2, 0.25) is 0 Å². The summed E-state index contributed by atoms with van der Waals surface area (Å²) in [6.45, 7) is 7.63. The molecule has 0 fully saturated rings. The summed E-state index contributed by atoms with van der Waals surface area (Å²) in [6, 6.07) is 8.90. The number of ketones is 1. The molecule has 4 heteroatoms. The maximum Gasteiger partial charge on any atom is 0.196 e. The third-order valence-electron chi connectivity index (χ3n) is 3.38. The minimum Gasteiger partial charge on any atom is -0.511 e. The molecule has 0 spiro atoms. The van der Waals surface area contributed by atoms with Gasteiger partial charge in [-0.2, -0.15) is 0 Å². The van der Waals surface area contributed by atoms with Crippen molar-refractivity contribution in [2.24, 2.45) is 0 Å². The van der Waals surface area contributed by atoms with E-state index in [0.29, 0.717) is 5.56 Å². The van der Waals surface area contributed by atoms with E-state index in [1.165, 1.54) is 0 Å². The van der Waals surface area contributed by atoms with Crippen molar-refractivity contribution in [1.82, 2.24) is 0 Å². The van der Waals surface area contributed by atoms with Crippen molar-refractivity contribution >= 4 is 5.78 Å². The van der Waals surface area contributed by atoms with E-state index in [9.17, 15) is 9.90 Å². The van der Waals surface area contributed by atoms with Crippen LogP contribution in [0.1, 0.15) is 44.5 Å². The van der Waals surface area contributed by atoms with E-state index in [1.54, 1.807) is 36.4 Å². The van der Waals surface area contributed by atoms with Gasteiger partial charge in [0.2, 0.25) is 0 Å². The van der Waals surface area contributed by atoms with Crippen LogP contribution in [0.3, 0.4) is 0 Å². The van der Waals surface area contributed by atoms with E-state index in [2.05, 4.69) is 0 Å². The maximum absolute atomic E-state index is 12.5. The molecule has 1 aliphatic carbocycles. The number of hydrogen-bond donors (Lipinski definition) is 1. The van der Waals surface area contributed by atoms with Crippen LogP contribution >= 0.6 is 0 Å². The number of aliphatic hydroxyl groups is 1. The second-order valence-corrected chi connectivity index (χ2v) is 6.21. The highest BCUT2D eigenvalue weighted by atomic mass is 16.7. The summed E-state index contributed by atoms with van der Waals surface area (Å²) >= 11 is 0. The quantitative estimate of drug-likeness (QED) is 0.631. The summed E-state index contributed by atoms with van der Waals surface area (Å²) < 4.78 is 11.8. The van der Waals surface area contributed by atoms with Gasteiger partial charge in [0.15, 0.2) is 11.6 Å². The molecule has 0 aromatic heterocycles. The van der Waals surface area contributed by atoms with Crippen LogP contribution in [0.25, 0.3) is 0 Å². The summed E-state index contributed by atoms with van der Waals surface area (Å²) in [5.74, 6) is -1.25. The van der Waals surface area contributed by atoms with Crippen molar-refractivity contribution in [1.29, 1.82) is 0 Å². The highest BCUT2D eigenvalue weighted by Crippen LogP contribution is 2.33. The molecule has 0 saturated carbocycles. The molecule has 0 unspecified atom stereocenters. The van der Waals surface area contributed by atoms with Crippen LogP contribution in [0.15, 0.2) is 53.8 Å². The molecule has 0 bridgehead atoms. The van der Waals surface area contributed by atoms with Crippen LogP contribution in [0, 0.1) is 0 Å². The lowest BCUT2D eigenvalue weighted by Crippen LogP contribution is -2.40. The summed E-state index contributed by atoms with van der Waals surface area (Å²) in [5.41, 5.74) is 0.826. The van der Waals surface area contributed by atoms with Crippen LogP contribution in [-0.2, 0) is 9.47 Å². The zero-order chi connectivity index (χ0) is 17.0. The third kappa shape index (κ3) is 4.30. The van der Waals surface area contributed by atoms with Crippen molar-refractivity contribution < 1.29 is 19.4 Å². The van der Waals surface area contributed by atoms with E-state index >= 15 is 0 Å². The number of rotatable bonds is 6. The molecule has 1 aromatic rings. The average Bonchev–Trinajstić information content (AvgIpc) is 2.46. The largest absolute Gasteiger partial charge is 0.511 e. The first kappa shape index (κ1) is 17.4. The number of hydrogen-bond acceptors (Lipinski definition) is 4. The Bertz CT molecular complexity index is 602. The van der Waals surface area contributed by atoms with E-state index in [4.69, 9.17) is 9.47 Å². The van der Waals surface area contributed by atoms with Crippen LogP contribution in [0.4, 0.5) is 0 Å². The number of benzene rings is 1. The summed E-state index contributed by atoms with van der Waals surface area (Å²) in [6.07, 6.45) is 3.30. The number of carbonyl (C=O) groups excluding carboxylic acids is 1. The first-order valence-electron chi connectivity index (χ1n) is 7.90. The second-order valence-electron chi connectivity index (χ2n) is 6.21. The Balaban J connectivity index is 2.27. The van der Waals surface area contributed by atoms with Gasteiger partial charge in [-0.05, 0) is 39.8 Å². The predicted molar refractivity (Wildman–Crippen MR) is 89.4 cm³/mol. The van der Waals surface area contributed by atoms with Crippen molar-refractivity contribution in [3.8, 4) is 0 Å². The minimum absolute atomic E-state index is 0.0114. The first-order valence-corrected chi connectivity index (χ1v) is 7.90. The fraction of sp³-hybridized carbons (Fsp3) is 0.421. The average molecular weight is 316 g/mol. The van der Waals surface area contributed by atoms with E-state index in [0.717, 1.165) is 0 Å². The predicted octanol–water partition coefficient (Wildman–Crippen LogP) is 4.19. The first-order chi connectivity index (χ1) is 10.8. The highest BCUT2D eigenvalue weighted by Gasteiger charge is 2.37. The minimum atomic E-state index is -1.03. The second kappa shape index (κ2) is 7.11. The number of Topliss-reactive ketones (excluding diaryl/α,β-unsaturated/α-hetero) is 1. The number of aliphatic hydroxyl groups excluding tert-OH is 1. The topological polar surface area (TPSA) is 55.8 Å². The molecule has 0 amide bonds. The van der Waals surface area contributed by atoms with Gasteiger partial charge in [0, 0.05) is 5.56 Å². The molecule has 0 saturated heterocycles. The zero-order valence-corrected chi connectivity index (χ0v) is 14.1. The summed E-state index contributed by atoms with van der Waals surface area (Å²) in [7, 11) is 0. The monoisotopic (exact) mass is 316 g/mol. The van der Waals surface area contributed by atoms with Crippen molar-refractivity contribution in [2.75, 3.05) is 0 Å². The lowest BCUT2D eigenvalue weighted by molar-refractivity contribution is -0.240. The highest BCUT2D eigenvalue weighted by molar-refractivity contribution is 6.11.